The number of thiazole rings is 1. The van der Waals surface area contributed by atoms with Crippen molar-refractivity contribution in [2.45, 2.75) is 0 Å². The zero-order chi connectivity index (χ0) is 24.2. The van der Waals surface area contributed by atoms with Crippen molar-refractivity contribution in [3.8, 4) is 37.7 Å². The summed E-state index contributed by atoms with van der Waals surface area (Å²) in [5, 5.41) is 3.03. The van der Waals surface area contributed by atoms with Crippen LogP contribution in [0.15, 0.2) is 90.3 Å². The summed E-state index contributed by atoms with van der Waals surface area (Å²) in [4.78, 5) is 9.06. The second kappa shape index (κ2) is 10.2. The summed E-state index contributed by atoms with van der Waals surface area (Å²) in [5.74, 6) is 2.28. The molecule has 5 aromatic rings. The van der Waals surface area contributed by atoms with E-state index >= 15 is 0 Å². The van der Waals surface area contributed by atoms with Crippen LogP contribution in [0, 0.1) is 0 Å². The molecule has 0 bridgehead atoms. The van der Waals surface area contributed by atoms with Gasteiger partial charge in [-0.25, -0.2) is 4.98 Å². The van der Waals surface area contributed by atoms with Crippen LogP contribution in [0.2, 0.25) is 0 Å². The molecule has 0 radical (unpaired) electrons. The number of benzene rings is 3. The fourth-order valence-corrected chi connectivity index (χ4v) is 5.64. The second-order valence-corrected chi connectivity index (χ2v) is 9.56. The van der Waals surface area contributed by atoms with Crippen LogP contribution in [-0.2, 0) is 0 Å². The molecular formula is C28H24N2O3S2. The van der Waals surface area contributed by atoms with E-state index in [4.69, 9.17) is 19.2 Å². The average Bonchev–Trinajstić information content (AvgIpc) is 3.60. The zero-order valence-electron chi connectivity index (χ0n) is 19.6. The third kappa shape index (κ3) is 4.73. The summed E-state index contributed by atoms with van der Waals surface area (Å²) in [6, 6.07) is 28.7. The summed E-state index contributed by atoms with van der Waals surface area (Å²) in [7, 11) is 5.01. The first-order chi connectivity index (χ1) is 17.2. The Morgan fingerprint density at radius 2 is 1.20 bits per heavy atom. The highest BCUT2D eigenvalue weighted by Gasteiger charge is 2.17. The molecule has 176 valence electrons. The molecule has 0 fully saturated rings. The Kier molecular flexibility index (Phi) is 6.70. The van der Waals surface area contributed by atoms with Crippen LogP contribution < -0.4 is 19.1 Å². The average molecular weight is 501 g/mol. The van der Waals surface area contributed by atoms with E-state index in [9.17, 15) is 0 Å². The molecule has 0 aliphatic rings. The Morgan fingerprint density at radius 3 is 1.66 bits per heavy atom. The zero-order valence-corrected chi connectivity index (χ0v) is 21.2. The number of aromatic nitrogens is 1. The monoisotopic (exact) mass is 500 g/mol. The maximum Gasteiger partial charge on any atom is 0.232 e. The van der Waals surface area contributed by atoms with Gasteiger partial charge in [0.25, 0.3) is 0 Å². The third-order valence-corrected chi connectivity index (χ3v) is 7.70. The van der Waals surface area contributed by atoms with Crippen molar-refractivity contribution in [3.63, 3.8) is 0 Å². The first-order valence-electron chi connectivity index (χ1n) is 11.0. The largest absolute Gasteiger partial charge is 0.497 e. The first kappa shape index (κ1) is 23.0. The molecule has 35 heavy (non-hydrogen) atoms. The van der Waals surface area contributed by atoms with Crippen molar-refractivity contribution in [1.82, 2.24) is 4.98 Å². The number of ether oxygens (including phenoxy) is 3. The molecule has 0 saturated heterocycles. The minimum absolute atomic E-state index is 0.647. The van der Waals surface area contributed by atoms with E-state index in [0.29, 0.717) is 5.88 Å². The lowest BCUT2D eigenvalue weighted by molar-refractivity contribution is 0.402. The Balaban J connectivity index is 1.53. The van der Waals surface area contributed by atoms with Gasteiger partial charge in [-0.3, -0.25) is 0 Å². The molecule has 0 aliphatic heterocycles. The molecule has 0 aliphatic carbocycles. The lowest BCUT2D eigenvalue weighted by atomic mass is 10.1. The number of nitrogens with zero attached hydrogens (tertiary/aromatic N) is 2. The van der Waals surface area contributed by atoms with Crippen molar-refractivity contribution >= 4 is 39.7 Å². The smallest absolute Gasteiger partial charge is 0.232 e. The highest BCUT2D eigenvalue weighted by Crippen LogP contribution is 2.42. The van der Waals surface area contributed by atoms with Gasteiger partial charge < -0.3 is 19.1 Å². The minimum atomic E-state index is 0.647. The summed E-state index contributed by atoms with van der Waals surface area (Å²) in [5.41, 5.74) is 4.15. The molecule has 0 unspecified atom stereocenters. The van der Waals surface area contributed by atoms with Crippen molar-refractivity contribution in [1.29, 1.82) is 0 Å². The number of anilines is 3. The van der Waals surface area contributed by atoms with Crippen LogP contribution >= 0.6 is 22.7 Å². The number of thiophene rings is 1. The topological polar surface area (TPSA) is 43.8 Å². The summed E-state index contributed by atoms with van der Waals surface area (Å²) < 4.78 is 16.3. The molecule has 2 heterocycles. The van der Waals surface area contributed by atoms with Gasteiger partial charge in [-0.2, -0.15) is 0 Å². The minimum Gasteiger partial charge on any atom is -0.497 e. The highest BCUT2D eigenvalue weighted by molar-refractivity contribution is 7.23. The van der Waals surface area contributed by atoms with Crippen LogP contribution in [0.1, 0.15) is 0 Å². The maximum atomic E-state index is 5.61. The van der Waals surface area contributed by atoms with Crippen LogP contribution in [0.4, 0.5) is 17.1 Å². The molecule has 0 N–H and O–H groups in total. The van der Waals surface area contributed by atoms with Crippen molar-refractivity contribution < 1.29 is 14.2 Å². The molecule has 7 heteroatoms. The van der Waals surface area contributed by atoms with Gasteiger partial charge in [-0.15, -0.1) is 22.7 Å². The van der Waals surface area contributed by atoms with E-state index in [-0.39, 0.29) is 0 Å². The van der Waals surface area contributed by atoms with E-state index in [0.717, 1.165) is 48.9 Å². The van der Waals surface area contributed by atoms with Crippen LogP contribution in [0.3, 0.4) is 0 Å². The van der Waals surface area contributed by atoms with Crippen LogP contribution in [-0.4, -0.2) is 26.3 Å². The lowest BCUT2D eigenvalue weighted by Crippen LogP contribution is -2.09. The Hall–Kier alpha value is -3.81. The number of rotatable bonds is 8. The number of hydrogen-bond donors (Lipinski definition) is 0. The Morgan fingerprint density at radius 1 is 0.657 bits per heavy atom. The molecule has 5 nitrogen and oxygen atoms in total. The molecule has 0 saturated carbocycles. The van der Waals surface area contributed by atoms with Crippen molar-refractivity contribution in [3.05, 3.63) is 90.3 Å². The molecule has 0 atom stereocenters. The van der Waals surface area contributed by atoms with Crippen LogP contribution in [0.25, 0.3) is 20.3 Å². The van der Waals surface area contributed by atoms with Gasteiger partial charge in [-0.05, 0) is 77.7 Å². The second-order valence-electron chi connectivity index (χ2n) is 7.61. The predicted octanol–water partition coefficient (Wildman–Crippen LogP) is 8.03. The molecule has 3 aromatic carbocycles. The van der Waals surface area contributed by atoms with E-state index in [1.807, 2.05) is 30.3 Å². The molecule has 0 spiro atoms. The van der Waals surface area contributed by atoms with Gasteiger partial charge in [0.05, 0.1) is 31.1 Å². The fraction of sp³-hybridized carbons (Fsp3) is 0.107. The summed E-state index contributed by atoms with van der Waals surface area (Å²) in [6.07, 6.45) is 0. The third-order valence-electron chi connectivity index (χ3n) is 5.57. The van der Waals surface area contributed by atoms with Gasteiger partial charge in [0.1, 0.15) is 16.5 Å². The predicted molar refractivity (Wildman–Crippen MR) is 145 cm³/mol. The fourth-order valence-electron chi connectivity index (χ4n) is 3.80. The number of hydrogen-bond acceptors (Lipinski definition) is 7. The van der Waals surface area contributed by atoms with Gasteiger partial charge >= 0.3 is 0 Å². The SMILES string of the molecule is COc1ccc(N(c2ccc(OC)cc2)c2ccc(-c3sc(-c4cccs4)nc3OC)cc2)cc1. The number of methoxy groups -OCH3 is 3. The van der Waals surface area contributed by atoms with E-state index in [1.54, 1.807) is 44.0 Å². The molecule has 0 amide bonds. The van der Waals surface area contributed by atoms with E-state index < -0.39 is 0 Å². The highest BCUT2D eigenvalue weighted by atomic mass is 32.1. The Labute approximate surface area is 212 Å². The van der Waals surface area contributed by atoms with Gasteiger partial charge in [0.15, 0.2) is 0 Å². The lowest BCUT2D eigenvalue weighted by Gasteiger charge is -2.26. The Bertz CT molecular complexity index is 1330. The molecule has 2 aromatic heterocycles. The van der Waals surface area contributed by atoms with Crippen molar-refractivity contribution in [2.24, 2.45) is 0 Å². The molecule has 5 rings (SSSR count). The molecular weight excluding hydrogens is 476 g/mol. The standard InChI is InChI=1S/C28H24N2O3S2/c1-31-23-14-10-21(11-15-23)30(22-12-16-24(32-2)17-13-22)20-8-6-19(7-9-20)26-27(33-3)29-28(35-26)25-5-4-18-34-25/h4-18H,1-3H3. The van der Waals surface area contributed by atoms with E-state index in [2.05, 4.69) is 64.9 Å². The normalized spacial score (nSPS) is 10.7. The van der Waals surface area contributed by atoms with Gasteiger partial charge in [0, 0.05) is 17.1 Å². The quantitative estimate of drug-likeness (QED) is 0.216. The van der Waals surface area contributed by atoms with Crippen LogP contribution in [0.5, 0.6) is 17.4 Å². The van der Waals surface area contributed by atoms with Gasteiger partial charge in [-0.1, -0.05) is 18.2 Å². The van der Waals surface area contributed by atoms with Gasteiger partial charge in [0.2, 0.25) is 5.88 Å². The first-order valence-corrected chi connectivity index (χ1v) is 12.7. The maximum absolute atomic E-state index is 5.61. The van der Waals surface area contributed by atoms with Crippen molar-refractivity contribution in [2.75, 3.05) is 26.2 Å². The summed E-state index contributed by atoms with van der Waals surface area (Å²) in [6.45, 7) is 0. The van der Waals surface area contributed by atoms with E-state index in [1.165, 1.54) is 0 Å². The summed E-state index contributed by atoms with van der Waals surface area (Å²) >= 11 is 3.32.